The second-order valence-electron chi connectivity index (χ2n) is 18.6. The molecular weight excluding hydrogens is 904 g/mol. The van der Waals surface area contributed by atoms with Crippen LogP contribution < -0.4 is 19.4 Å². The van der Waals surface area contributed by atoms with Crippen molar-refractivity contribution in [1.82, 2.24) is 4.98 Å². The summed E-state index contributed by atoms with van der Waals surface area (Å²) < 4.78 is 6.80. The number of ether oxygens (including phenoxy) is 1. The minimum absolute atomic E-state index is 0. The number of para-hydroxylation sites is 1. The van der Waals surface area contributed by atoms with Gasteiger partial charge in [-0.3, -0.25) is 0 Å². The smallest absolute Gasteiger partial charge is 0.135 e. The number of hydrogen-bond acceptors (Lipinski definition) is 5. The molecular formula is C53H57N4OPt-3. The molecule has 59 heavy (non-hydrogen) atoms. The molecule has 1 aromatic heterocycles. The van der Waals surface area contributed by atoms with Crippen LogP contribution >= 0.6 is 0 Å². The van der Waals surface area contributed by atoms with E-state index >= 15 is 0 Å². The molecule has 308 valence electrons. The fraction of sp³-hybridized carbons (Fsp3) is 0.283. The summed E-state index contributed by atoms with van der Waals surface area (Å²) in [5, 5.41) is 0. The van der Waals surface area contributed by atoms with E-state index in [1.807, 2.05) is 60.8 Å². The van der Waals surface area contributed by atoms with Crippen molar-refractivity contribution in [3.05, 3.63) is 175 Å². The van der Waals surface area contributed by atoms with E-state index in [1.165, 1.54) is 28.2 Å². The first-order valence-electron chi connectivity index (χ1n) is 20.4. The third kappa shape index (κ3) is 9.69. The van der Waals surface area contributed by atoms with Crippen molar-refractivity contribution in [2.75, 3.05) is 14.7 Å². The number of pyridine rings is 1. The minimum atomic E-state index is -0.220. The van der Waals surface area contributed by atoms with Crippen molar-refractivity contribution in [3.8, 4) is 22.6 Å². The molecule has 0 N–H and O–H groups in total. The number of anilines is 5. The molecule has 0 unspecified atom stereocenters. The second-order valence-corrected chi connectivity index (χ2v) is 18.6. The van der Waals surface area contributed by atoms with Crippen LogP contribution in [0.4, 0.5) is 28.6 Å². The number of rotatable bonds is 9. The van der Waals surface area contributed by atoms with Gasteiger partial charge in [-0.15, -0.1) is 54.3 Å². The molecule has 0 radical (unpaired) electrons. The van der Waals surface area contributed by atoms with E-state index < -0.39 is 0 Å². The van der Waals surface area contributed by atoms with Crippen LogP contribution in [-0.4, -0.2) is 4.98 Å². The molecule has 0 spiro atoms. The predicted octanol–water partition coefficient (Wildman–Crippen LogP) is 14.8. The number of aromatic nitrogens is 1. The molecule has 7 rings (SSSR count). The molecule has 1 aliphatic rings. The van der Waals surface area contributed by atoms with Crippen molar-refractivity contribution in [3.63, 3.8) is 0 Å². The summed E-state index contributed by atoms with van der Waals surface area (Å²) >= 11 is 0. The van der Waals surface area contributed by atoms with Gasteiger partial charge in [-0.25, -0.2) is 4.98 Å². The summed E-state index contributed by atoms with van der Waals surface area (Å²) in [5.74, 6) is 2.36. The molecule has 0 bridgehead atoms. The van der Waals surface area contributed by atoms with E-state index in [2.05, 4.69) is 182 Å². The van der Waals surface area contributed by atoms with E-state index in [-0.39, 0.29) is 37.3 Å². The normalized spacial score (nSPS) is 13.5. The Balaban J connectivity index is 0.00000585. The summed E-state index contributed by atoms with van der Waals surface area (Å²) in [6.45, 7) is 27.6. The second kappa shape index (κ2) is 17.2. The average molecular weight is 961 g/mol. The van der Waals surface area contributed by atoms with Gasteiger partial charge in [-0.2, -0.15) is 6.07 Å². The van der Waals surface area contributed by atoms with Crippen LogP contribution in [0.25, 0.3) is 11.1 Å². The summed E-state index contributed by atoms with van der Waals surface area (Å²) in [6, 6.07) is 51.4. The monoisotopic (exact) mass is 960 g/mol. The quantitative estimate of drug-likeness (QED) is 0.135. The third-order valence-corrected chi connectivity index (χ3v) is 10.4. The topological polar surface area (TPSA) is 31.8 Å². The van der Waals surface area contributed by atoms with Gasteiger partial charge in [0.05, 0.1) is 0 Å². The largest absolute Gasteiger partial charge is 0.509 e. The molecule has 0 amide bonds. The van der Waals surface area contributed by atoms with Crippen LogP contribution in [0, 0.1) is 29.6 Å². The Hall–Kier alpha value is -5.12. The average Bonchev–Trinajstić information content (AvgIpc) is 3.62. The SMILES string of the molecule is CC(C)c1cc(N2[CH-]N(c3[c-]c(Oc4[c-]c(N(c5ccccc5)c5ccccn5)ccc4)cc(-c4ccccc4)c3)C(C(C)(C)C)=C2C(C)(C)C)cc(C(C)(C)C)c1.[Pt]. The van der Waals surface area contributed by atoms with Gasteiger partial charge in [0.15, 0.2) is 0 Å². The van der Waals surface area contributed by atoms with E-state index in [9.17, 15) is 0 Å². The Kier molecular flexibility index (Phi) is 12.7. The maximum atomic E-state index is 6.80. The number of hydrogen-bond donors (Lipinski definition) is 0. The molecule has 5 nitrogen and oxygen atoms in total. The number of benzene rings is 5. The van der Waals surface area contributed by atoms with Gasteiger partial charge in [-0.05, 0) is 64.4 Å². The first kappa shape index (κ1) is 43.5. The first-order valence-corrected chi connectivity index (χ1v) is 20.4. The van der Waals surface area contributed by atoms with Crippen LogP contribution in [-0.2, 0) is 26.5 Å². The molecule has 0 aliphatic carbocycles. The van der Waals surface area contributed by atoms with Crippen LogP contribution in [0.15, 0.2) is 145 Å². The number of nitrogens with zero attached hydrogens (tertiary/aromatic N) is 4. The number of allylic oxidation sites excluding steroid dienone is 2. The van der Waals surface area contributed by atoms with Crippen molar-refractivity contribution in [2.45, 2.75) is 87.5 Å². The van der Waals surface area contributed by atoms with Crippen molar-refractivity contribution in [2.24, 2.45) is 10.8 Å². The Morgan fingerprint density at radius 3 is 1.86 bits per heavy atom. The Morgan fingerprint density at radius 1 is 0.610 bits per heavy atom. The third-order valence-electron chi connectivity index (χ3n) is 10.4. The van der Waals surface area contributed by atoms with Crippen LogP contribution in [0.3, 0.4) is 0 Å². The predicted molar refractivity (Wildman–Crippen MR) is 243 cm³/mol. The fourth-order valence-corrected chi connectivity index (χ4v) is 7.52. The van der Waals surface area contributed by atoms with Gasteiger partial charge in [0, 0.05) is 72.4 Å². The molecule has 0 saturated heterocycles. The van der Waals surface area contributed by atoms with E-state index in [4.69, 9.17) is 9.72 Å². The first-order chi connectivity index (χ1) is 27.5. The molecule has 6 heteroatoms. The van der Waals surface area contributed by atoms with Crippen LogP contribution in [0.1, 0.15) is 93.2 Å². The summed E-state index contributed by atoms with van der Waals surface area (Å²) in [5.41, 5.74) is 10.7. The molecule has 0 fully saturated rings. The van der Waals surface area contributed by atoms with Gasteiger partial charge < -0.3 is 19.4 Å². The van der Waals surface area contributed by atoms with Crippen LogP contribution in [0.5, 0.6) is 11.5 Å². The van der Waals surface area contributed by atoms with E-state index in [0.717, 1.165) is 34.0 Å². The zero-order valence-corrected chi connectivity index (χ0v) is 38.6. The van der Waals surface area contributed by atoms with Gasteiger partial charge in [0.1, 0.15) is 5.82 Å². The van der Waals surface area contributed by atoms with Crippen molar-refractivity contribution in [1.29, 1.82) is 0 Å². The van der Waals surface area contributed by atoms with Gasteiger partial charge in [0.25, 0.3) is 0 Å². The molecule has 1 aliphatic heterocycles. The van der Waals surface area contributed by atoms with Gasteiger partial charge in [0.2, 0.25) is 0 Å². The molecule has 0 saturated carbocycles. The van der Waals surface area contributed by atoms with Crippen LogP contribution in [0.2, 0.25) is 0 Å². The molecule has 6 aromatic rings. The zero-order chi connectivity index (χ0) is 41.4. The molecule has 5 aromatic carbocycles. The zero-order valence-electron chi connectivity index (χ0n) is 36.4. The van der Waals surface area contributed by atoms with E-state index in [1.54, 1.807) is 0 Å². The molecule has 0 atom stereocenters. The summed E-state index contributed by atoms with van der Waals surface area (Å²) in [7, 11) is 0. The summed E-state index contributed by atoms with van der Waals surface area (Å²) in [4.78, 5) is 11.6. The fourth-order valence-electron chi connectivity index (χ4n) is 7.52. The minimum Gasteiger partial charge on any atom is -0.509 e. The van der Waals surface area contributed by atoms with Gasteiger partial charge in [-0.1, -0.05) is 143 Å². The summed E-state index contributed by atoms with van der Waals surface area (Å²) in [6.07, 6.45) is 1.81. The maximum absolute atomic E-state index is 6.80. The van der Waals surface area contributed by atoms with Crippen molar-refractivity contribution < 1.29 is 25.8 Å². The maximum Gasteiger partial charge on any atom is 0.135 e. The van der Waals surface area contributed by atoms with Crippen molar-refractivity contribution >= 4 is 28.6 Å². The Morgan fingerprint density at radius 2 is 1.25 bits per heavy atom. The Labute approximate surface area is 368 Å². The standard InChI is InChI=1S/C53H57N4O.Pt/c1-37(2)39-29-41(51(3,4)5)33-44(30-39)55-36-56(50(53(9,10)11)49(55)52(6,7)8)45-31-40(38-21-14-12-15-22-38)32-47(35-45)58-46-26-20-25-43(34-46)57(42-23-16-13-17-24-42)48-27-18-19-28-54-48;/h12-33,36-37H,1-11H3;/q-3;. The Bertz CT molecular complexity index is 2350. The van der Waals surface area contributed by atoms with E-state index in [0.29, 0.717) is 17.4 Å². The molecule has 2 heterocycles. The van der Waals surface area contributed by atoms with Gasteiger partial charge >= 0.3 is 0 Å².